The van der Waals surface area contributed by atoms with E-state index in [1.54, 1.807) is 0 Å². The van der Waals surface area contributed by atoms with Crippen molar-refractivity contribution < 1.29 is 14.7 Å². The van der Waals surface area contributed by atoms with Crippen molar-refractivity contribution in [1.29, 1.82) is 0 Å². The van der Waals surface area contributed by atoms with Gasteiger partial charge in [-0.15, -0.1) is 0 Å². The van der Waals surface area contributed by atoms with Gasteiger partial charge in [-0.3, -0.25) is 9.59 Å². The number of hydrogen-bond acceptors (Lipinski definition) is 4. The predicted molar refractivity (Wildman–Crippen MR) is 60.4 cm³/mol. The molecule has 1 unspecified atom stereocenters. The van der Waals surface area contributed by atoms with Gasteiger partial charge in [0.2, 0.25) is 0 Å². The number of carbonyl (C=O) groups excluding carboxylic acids is 1. The second-order valence-electron chi connectivity index (χ2n) is 3.69. The summed E-state index contributed by atoms with van der Waals surface area (Å²) >= 11 is 0. The van der Waals surface area contributed by atoms with Crippen molar-refractivity contribution in [3.8, 4) is 0 Å². The second-order valence-corrected chi connectivity index (χ2v) is 3.69. The summed E-state index contributed by atoms with van der Waals surface area (Å²) in [5, 5.41) is 18.6. The minimum atomic E-state index is -0.920. The van der Waals surface area contributed by atoms with Crippen molar-refractivity contribution >= 4 is 11.9 Å². The molecule has 17 heavy (non-hydrogen) atoms. The number of rotatable bonds is 6. The molecule has 0 bridgehead atoms. The first-order valence-electron chi connectivity index (χ1n) is 5.42. The fourth-order valence-corrected chi connectivity index (χ4v) is 1.48. The number of amides is 1. The zero-order chi connectivity index (χ0) is 12.7. The lowest BCUT2D eigenvalue weighted by Crippen LogP contribution is -2.36. The molecule has 0 aliphatic heterocycles. The maximum atomic E-state index is 11.7. The highest BCUT2D eigenvalue weighted by atomic mass is 16.4. The minimum Gasteiger partial charge on any atom is -0.481 e. The maximum absolute atomic E-state index is 11.7. The summed E-state index contributed by atoms with van der Waals surface area (Å²) in [5.74, 6) is -1.24. The van der Waals surface area contributed by atoms with E-state index in [0.717, 1.165) is 6.42 Å². The molecule has 0 saturated heterocycles. The quantitative estimate of drug-likeness (QED) is 0.765. The number of nitrogens with zero attached hydrogens (tertiary/aromatic N) is 2. The number of aliphatic carboxylic acids is 1. The van der Waals surface area contributed by atoms with E-state index in [2.05, 4.69) is 15.5 Å². The van der Waals surface area contributed by atoms with Crippen molar-refractivity contribution in [3.63, 3.8) is 0 Å². The maximum Gasteiger partial charge on any atom is 0.305 e. The fraction of sp³-hybridized carbons (Fsp3) is 0.455. The van der Waals surface area contributed by atoms with Crippen LogP contribution in [0, 0.1) is 0 Å². The zero-order valence-electron chi connectivity index (χ0n) is 9.59. The van der Waals surface area contributed by atoms with Crippen molar-refractivity contribution in [2.75, 3.05) is 0 Å². The minimum absolute atomic E-state index is 0.0713. The van der Waals surface area contributed by atoms with Gasteiger partial charge in [0.25, 0.3) is 5.91 Å². The summed E-state index contributed by atoms with van der Waals surface area (Å²) in [7, 11) is 0. The molecule has 2 N–H and O–H groups in total. The average Bonchev–Trinajstić information content (AvgIpc) is 2.29. The van der Waals surface area contributed by atoms with Crippen LogP contribution in [0.25, 0.3) is 0 Å². The smallest absolute Gasteiger partial charge is 0.305 e. The number of carboxylic acids is 1. The van der Waals surface area contributed by atoms with E-state index < -0.39 is 5.97 Å². The lowest BCUT2D eigenvalue weighted by atomic mass is 10.1. The van der Waals surface area contributed by atoms with Gasteiger partial charge in [0, 0.05) is 6.04 Å². The Hall–Kier alpha value is -1.98. The Morgan fingerprint density at radius 3 is 2.76 bits per heavy atom. The predicted octanol–water partition coefficient (Wildman–Crippen LogP) is 0.850. The number of carbonyl (C=O) groups is 2. The van der Waals surface area contributed by atoms with Gasteiger partial charge in [-0.05, 0) is 12.5 Å². The average molecular weight is 237 g/mol. The van der Waals surface area contributed by atoms with E-state index >= 15 is 0 Å². The van der Waals surface area contributed by atoms with E-state index in [9.17, 15) is 9.59 Å². The molecule has 1 aromatic rings. The topological polar surface area (TPSA) is 92.2 Å². The molecule has 0 saturated carbocycles. The Kier molecular flexibility index (Phi) is 5.06. The monoisotopic (exact) mass is 237 g/mol. The van der Waals surface area contributed by atoms with Gasteiger partial charge in [0.1, 0.15) is 0 Å². The third kappa shape index (κ3) is 4.58. The van der Waals surface area contributed by atoms with Crippen molar-refractivity contribution in [3.05, 3.63) is 24.0 Å². The van der Waals surface area contributed by atoms with Crippen LogP contribution in [0.1, 0.15) is 36.5 Å². The molecule has 0 radical (unpaired) electrons. The van der Waals surface area contributed by atoms with Crippen LogP contribution in [0.2, 0.25) is 0 Å². The van der Waals surface area contributed by atoms with Gasteiger partial charge in [0.05, 0.1) is 24.4 Å². The first-order chi connectivity index (χ1) is 8.13. The molecule has 1 heterocycles. The van der Waals surface area contributed by atoms with E-state index in [-0.39, 0.29) is 18.4 Å². The Bertz CT molecular complexity index is 381. The van der Waals surface area contributed by atoms with E-state index in [0.29, 0.717) is 12.0 Å². The molecule has 0 aromatic carbocycles. The molecule has 0 aliphatic carbocycles. The molecule has 6 heteroatoms. The highest BCUT2D eigenvalue weighted by Crippen LogP contribution is 2.04. The lowest BCUT2D eigenvalue weighted by Gasteiger charge is -2.15. The molecule has 1 aromatic heterocycles. The highest BCUT2D eigenvalue weighted by molar-refractivity contribution is 5.94. The highest BCUT2D eigenvalue weighted by Gasteiger charge is 2.16. The molecular weight excluding hydrogens is 222 g/mol. The van der Waals surface area contributed by atoms with Gasteiger partial charge in [0.15, 0.2) is 0 Å². The molecule has 6 nitrogen and oxygen atoms in total. The van der Waals surface area contributed by atoms with Crippen LogP contribution in [0.3, 0.4) is 0 Å². The summed E-state index contributed by atoms with van der Waals surface area (Å²) in [6, 6.07) is 1.18. The number of hydrogen-bond donors (Lipinski definition) is 2. The van der Waals surface area contributed by atoms with E-state index in [4.69, 9.17) is 5.11 Å². The third-order valence-corrected chi connectivity index (χ3v) is 2.24. The van der Waals surface area contributed by atoms with Crippen LogP contribution in [-0.4, -0.2) is 33.2 Å². The fourth-order valence-electron chi connectivity index (χ4n) is 1.48. The molecule has 1 rings (SSSR count). The molecule has 1 atom stereocenters. The van der Waals surface area contributed by atoms with Crippen molar-refractivity contribution in [2.24, 2.45) is 0 Å². The number of nitrogens with one attached hydrogen (secondary N) is 1. The van der Waals surface area contributed by atoms with Gasteiger partial charge in [-0.2, -0.15) is 10.2 Å². The van der Waals surface area contributed by atoms with Crippen LogP contribution in [-0.2, 0) is 4.79 Å². The molecule has 1 amide bonds. The van der Waals surface area contributed by atoms with E-state index in [1.165, 1.54) is 18.5 Å². The summed E-state index contributed by atoms with van der Waals surface area (Å²) in [6.07, 6.45) is 4.14. The number of aromatic nitrogens is 2. The van der Waals surface area contributed by atoms with Crippen LogP contribution in [0.15, 0.2) is 18.5 Å². The Balaban J connectivity index is 2.60. The first-order valence-corrected chi connectivity index (χ1v) is 5.42. The third-order valence-electron chi connectivity index (χ3n) is 2.24. The van der Waals surface area contributed by atoms with Crippen LogP contribution in [0.4, 0.5) is 0 Å². The summed E-state index contributed by atoms with van der Waals surface area (Å²) in [5.41, 5.74) is 0.381. The van der Waals surface area contributed by atoms with Crippen molar-refractivity contribution in [1.82, 2.24) is 15.5 Å². The molecule has 92 valence electrons. The van der Waals surface area contributed by atoms with Crippen LogP contribution >= 0.6 is 0 Å². The lowest BCUT2D eigenvalue weighted by molar-refractivity contribution is -0.137. The van der Waals surface area contributed by atoms with E-state index in [1.807, 2.05) is 6.92 Å². The first kappa shape index (κ1) is 13.1. The van der Waals surface area contributed by atoms with Crippen molar-refractivity contribution in [2.45, 2.75) is 32.2 Å². The summed E-state index contributed by atoms with van der Waals surface area (Å²) in [6.45, 7) is 1.94. The normalized spacial score (nSPS) is 11.8. The summed E-state index contributed by atoms with van der Waals surface area (Å²) in [4.78, 5) is 22.4. The van der Waals surface area contributed by atoms with Gasteiger partial charge >= 0.3 is 5.97 Å². The molecule has 0 spiro atoms. The van der Waals surface area contributed by atoms with Gasteiger partial charge < -0.3 is 10.4 Å². The standard InChI is InChI=1S/C11H15N3O3/c1-2-3-9(6-10(15)16)14-11(17)8-4-5-12-13-7-8/h4-5,7,9H,2-3,6H2,1H3,(H,14,17)(H,15,16). The molecule has 0 aliphatic rings. The van der Waals surface area contributed by atoms with Gasteiger partial charge in [-0.25, -0.2) is 0 Å². The number of carboxylic acid groups (broad SMARTS) is 1. The SMILES string of the molecule is CCCC(CC(=O)O)NC(=O)c1ccnnc1. The van der Waals surface area contributed by atoms with Gasteiger partial charge in [-0.1, -0.05) is 13.3 Å². The molecular formula is C11H15N3O3. The van der Waals surface area contributed by atoms with Crippen LogP contribution in [0.5, 0.6) is 0 Å². The van der Waals surface area contributed by atoms with Crippen LogP contribution < -0.4 is 5.32 Å². The Morgan fingerprint density at radius 2 is 2.24 bits per heavy atom. The largest absolute Gasteiger partial charge is 0.481 e. The summed E-state index contributed by atoms with van der Waals surface area (Å²) < 4.78 is 0. The Labute approximate surface area is 99.1 Å². The molecule has 0 fully saturated rings. The zero-order valence-corrected chi connectivity index (χ0v) is 9.59. The second kappa shape index (κ2) is 6.57. The Morgan fingerprint density at radius 1 is 1.47 bits per heavy atom.